The minimum atomic E-state index is 0.275. The second kappa shape index (κ2) is 7.12. The van der Waals surface area contributed by atoms with Gasteiger partial charge in [-0.05, 0) is 25.6 Å². The van der Waals surface area contributed by atoms with Crippen molar-refractivity contribution in [3.63, 3.8) is 0 Å². The molecule has 0 aliphatic carbocycles. The molecule has 0 saturated carbocycles. The van der Waals surface area contributed by atoms with E-state index >= 15 is 0 Å². The number of nitrogens with one attached hydrogen (secondary N) is 1. The minimum Gasteiger partial charge on any atom is -0.344 e. The Hall–Kier alpha value is -0.220. The first-order valence-corrected chi connectivity index (χ1v) is 7.09. The molecule has 1 rings (SSSR count). The van der Waals surface area contributed by atoms with Gasteiger partial charge in [0.1, 0.15) is 0 Å². The summed E-state index contributed by atoms with van der Waals surface area (Å²) in [7, 11) is 1.92. The Kier molecular flexibility index (Phi) is 6.10. The highest BCUT2D eigenvalue weighted by molar-refractivity contribution is 7.98. The highest BCUT2D eigenvalue weighted by Gasteiger charge is 2.16. The lowest BCUT2D eigenvalue weighted by molar-refractivity contribution is -0.129. The second-order valence-electron chi connectivity index (χ2n) is 4.16. The van der Waals surface area contributed by atoms with Crippen molar-refractivity contribution in [2.75, 3.05) is 32.1 Å². The van der Waals surface area contributed by atoms with E-state index in [-0.39, 0.29) is 5.91 Å². The Morgan fingerprint density at radius 1 is 1.53 bits per heavy atom. The van der Waals surface area contributed by atoms with Crippen molar-refractivity contribution >= 4 is 17.7 Å². The van der Waals surface area contributed by atoms with Crippen molar-refractivity contribution < 1.29 is 4.79 Å². The van der Waals surface area contributed by atoms with Crippen LogP contribution in [-0.4, -0.2) is 49.0 Å². The van der Waals surface area contributed by atoms with Crippen LogP contribution in [0, 0.1) is 0 Å². The fourth-order valence-electron chi connectivity index (χ4n) is 1.89. The van der Waals surface area contributed by atoms with Crippen LogP contribution in [0.1, 0.15) is 25.7 Å². The smallest absolute Gasteiger partial charge is 0.223 e. The molecular weight excluding hydrogens is 208 g/mol. The van der Waals surface area contributed by atoms with E-state index in [4.69, 9.17) is 0 Å². The number of nitrogens with zero attached hydrogens (tertiary/aromatic N) is 1. The summed E-state index contributed by atoms with van der Waals surface area (Å²) >= 11 is 1.73. The number of amides is 1. The van der Waals surface area contributed by atoms with Gasteiger partial charge in [0.2, 0.25) is 5.91 Å². The standard InChI is InChI=1S/C11H22N2OS/c1-13(11(14)6-8-15-2)9-10-5-3-4-7-12-10/h10,12H,3-9H2,1-2H3. The maximum Gasteiger partial charge on any atom is 0.223 e. The van der Waals surface area contributed by atoms with E-state index in [2.05, 4.69) is 5.32 Å². The zero-order chi connectivity index (χ0) is 11.1. The molecule has 1 unspecified atom stereocenters. The van der Waals surface area contributed by atoms with E-state index in [1.807, 2.05) is 18.2 Å². The zero-order valence-corrected chi connectivity index (χ0v) is 10.6. The van der Waals surface area contributed by atoms with E-state index in [0.29, 0.717) is 12.5 Å². The van der Waals surface area contributed by atoms with Gasteiger partial charge in [-0.25, -0.2) is 0 Å². The molecule has 1 N–H and O–H groups in total. The van der Waals surface area contributed by atoms with Gasteiger partial charge in [-0.3, -0.25) is 4.79 Å². The van der Waals surface area contributed by atoms with Gasteiger partial charge in [0.25, 0.3) is 0 Å². The zero-order valence-electron chi connectivity index (χ0n) is 9.79. The third-order valence-electron chi connectivity index (χ3n) is 2.85. The first-order valence-electron chi connectivity index (χ1n) is 5.70. The Morgan fingerprint density at radius 3 is 2.93 bits per heavy atom. The maximum atomic E-state index is 11.7. The second-order valence-corrected chi connectivity index (χ2v) is 5.15. The van der Waals surface area contributed by atoms with E-state index in [0.717, 1.165) is 18.8 Å². The molecule has 15 heavy (non-hydrogen) atoms. The van der Waals surface area contributed by atoms with E-state index in [9.17, 15) is 4.79 Å². The van der Waals surface area contributed by atoms with Crippen molar-refractivity contribution in [1.29, 1.82) is 0 Å². The van der Waals surface area contributed by atoms with Gasteiger partial charge in [-0.1, -0.05) is 6.42 Å². The van der Waals surface area contributed by atoms with Gasteiger partial charge in [0.05, 0.1) is 0 Å². The molecule has 3 nitrogen and oxygen atoms in total. The van der Waals surface area contributed by atoms with Crippen LogP contribution in [0.25, 0.3) is 0 Å². The van der Waals surface area contributed by atoms with Gasteiger partial charge in [-0.2, -0.15) is 11.8 Å². The monoisotopic (exact) mass is 230 g/mol. The van der Waals surface area contributed by atoms with Crippen LogP contribution in [0.3, 0.4) is 0 Å². The van der Waals surface area contributed by atoms with Gasteiger partial charge in [0, 0.05) is 31.8 Å². The summed E-state index contributed by atoms with van der Waals surface area (Å²) in [4.78, 5) is 13.5. The average Bonchev–Trinajstić information content (AvgIpc) is 2.27. The molecule has 88 valence electrons. The number of hydrogen-bond acceptors (Lipinski definition) is 3. The molecule has 1 fully saturated rings. The summed E-state index contributed by atoms with van der Waals surface area (Å²) in [6.07, 6.45) is 6.49. The maximum absolute atomic E-state index is 11.7. The van der Waals surface area contributed by atoms with Gasteiger partial charge in [-0.15, -0.1) is 0 Å². The van der Waals surface area contributed by atoms with E-state index in [1.54, 1.807) is 11.8 Å². The Labute approximate surface area is 97.0 Å². The number of rotatable bonds is 5. The fourth-order valence-corrected chi connectivity index (χ4v) is 2.27. The molecule has 0 aromatic rings. The lowest BCUT2D eigenvalue weighted by atomic mass is 10.0. The lowest BCUT2D eigenvalue weighted by Gasteiger charge is -2.28. The van der Waals surface area contributed by atoms with Crippen molar-refractivity contribution in [2.45, 2.75) is 31.7 Å². The van der Waals surface area contributed by atoms with Crippen LogP contribution in [-0.2, 0) is 4.79 Å². The number of hydrogen-bond donors (Lipinski definition) is 1. The van der Waals surface area contributed by atoms with Crippen molar-refractivity contribution in [3.8, 4) is 0 Å². The van der Waals surface area contributed by atoms with Crippen LogP contribution in [0.5, 0.6) is 0 Å². The van der Waals surface area contributed by atoms with Crippen LogP contribution >= 0.6 is 11.8 Å². The molecule has 1 aliphatic rings. The molecule has 1 amide bonds. The summed E-state index contributed by atoms with van der Waals surface area (Å²) in [5.41, 5.74) is 0. The number of likely N-dealkylation sites (N-methyl/N-ethyl adjacent to an activating group) is 1. The number of thioether (sulfide) groups is 1. The molecule has 0 spiro atoms. The van der Waals surface area contributed by atoms with Gasteiger partial charge >= 0.3 is 0 Å². The molecule has 1 aliphatic heterocycles. The molecule has 0 radical (unpaired) electrons. The fraction of sp³-hybridized carbons (Fsp3) is 0.909. The van der Waals surface area contributed by atoms with Crippen LogP contribution < -0.4 is 5.32 Å². The summed E-state index contributed by atoms with van der Waals surface area (Å²) in [6.45, 7) is 1.98. The lowest BCUT2D eigenvalue weighted by Crippen LogP contribution is -2.44. The van der Waals surface area contributed by atoms with E-state index < -0.39 is 0 Å². The molecule has 0 aromatic carbocycles. The quantitative estimate of drug-likeness (QED) is 0.773. The van der Waals surface area contributed by atoms with Gasteiger partial charge < -0.3 is 10.2 Å². The summed E-state index contributed by atoms with van der Waals surface area (Å²) < 4.78 is 0. The third kappa shape index (κ3) is 4.89. The molecular formula is C11H22N2OS. The Balaban J connectivity index is 2.20. The summed E-state index contributed by atoms with van der Waals surface area (Å²) in [5, 5.41) is 3.46. The molecule has 1 atom stereocenters. The number of carbonyl (C=O) groups is 1. The first-order chi connectivity index (χ1) is 7.24. The predicted octanol–water partition coefficient (Wildman–Crippen LogP) is 1.34. The molecule has 1 heterocycles. The SMILES string of the molecule is CSCCC(=O)N(C)CC1CCCCN1. The summed E-state index contributed by atoms with van der Waals surface area (Å²) in [5.74, 6) is 1.21. The average molecular weight is 230 g/mol. The predicted molar refractivity (Wildman–Crippen MR) is 66.3 cm³/mol. The number of piperidine rings is 1. The normalized spacial score (nSPS) is 21.3. The Morgan fingerprint density at radius 2 is 2.33 bits per heavy atom. The van der Waals surface area contributed by atoms with E-state index in [1.165, 1.54) is 19.3 Å². The highest BCUT2D eigenvalue weighted by atomic mass is 32.2. The van der Waals surface area contributed by atoms with Crippen molar-refractivity contribution in [1.82, 2.24) is 10.2 Å². The minimum absolute atomic E-state index is 0.275. The van der Waals surface area contributed by atoms with Crippen LogP contribution in [0.2, 0.25) is 0 Å². The first kappa shape index (κ1) is 12.8. The highest BCUT2D eigenvalue weighted by Crippen LogP contribution is 2.08. The van der Waals surface area contributed by atoms with Crippen LogP contribution in [0.4, 0.5) is 0 Å². The van der Waals surface area contributed by atoms with Crippen LogP contribution in [0.15, 0.2) is 0 Å². The third-order valence-corrected chi connectivity index (χ3v) is 3.46. The van der Waals surface area contributed by atoms with Gasteiger partial charge in [0.15, 0.2) is 0 Å². The summed E-state index contributed by atoms with van der Waals surface area (Å²) in [6, 6.07) is 0.516. The molecule has 1 saturated heterocycles. The molecule has 0 bridgehead atoms. The molecule has 0 aromatic heterocycles. The van der Waals surface area contributed by atoms with Crippen molar-refractivity contribution in [2.24, 2.45) is 0 Å². The topological polar surface area (TPSA) is 32.3 Å². The largest absolute Gasteiger partial charge is 0.344 e. The van der Waals surface area contributed by atoms with Crippen molar-refractivity contribution in [3.05, 3.63) is 0 Å². The molecule has 4 heteroatoms. The Bertz CT molecular complexity index is 193. The number of carbonyl (C=O) groups excluding carboxylic acids is 1.